The zero-order valence-electron chi connectivity index (χ0n) is 47.1. The Morgan fingerprint density at radius 2 is 1.30 bits per heavy atom. The van der Waals surface area contributed by atoms with Gasteiger partial charge in [-0.3, -0.25) is 9.55 Å². The van der Waals surface area contributed by atoms with Crippen LogP contribution in [0.2, 0.25) is 0 Å². The van der Waals surface area contributed by atoms with Gasteiger partial charge in [0.15, 0.2) is 0 Å². The summed E-state index contributed by atoms with van der Waals surface area (Å²) < 4.78 is 103. The number of nitrogens with zero attached hydrogens (tertiary/aromatic N) is 3. The molecule has 0 aliphatic heterocycles. The summed E-state index contributed by atoms with van der Waals surface area (Å²) in [5.74, 6) is 0.334. The highest BCUT2D eigenvalue weighted by molar-refractivity contribution is 5.98. The average Bonchev–Trinajstić information content (AvgIpc) is 3.67. The summed E-state index contributed by atoms with van der Waals surface area (Å²) in [6.45, 7) is 1.61. The maximum Gasteiger partial charge on any atom is 0.149 e. The van der Waals surface area contributed by atoms with Gasteiger partial charge < -0.3 is 5.11 Å². The first-order valence-electron chi connectivity index (χ1n) is 26.1. The van der Waals surface area contributed by atoms with E-state index in [1.54, 1.807) is 66.9 Å². The summed E-state index contributed by atoms with van der Waals surface area (Å²) in [4.78, 5) is 10.3. The number of phenolic OH excluding ortho intramolecular Hbond substituents is 1. The smallest absolute Gasteiger partial charge is 0.149 e. The van der Waals surface area contributed by atoms with Gasteiger partial charge in [0.05, 0.1) is 28.0 Å². The van der Waals surface area contributed by atoms with Crippen LogP contribution < -0.4 is 0 Å². The molecule has 2 aromatic heterocycles. The van der Waals surface area contributed by atoms with E-state index in [1.165, 1.54) is 12.1 Å². The molecule has 6 aromatic carbocycles. The number of phenols is 1. The molecule has 2 heterocycles. The van der Waals surface area contributed by atoms with Crippen LogP contribution >= 0.6 is 0 Å². The van der Waals surface area contributed by atoms with Crippen LogP contribution in [0.1, 0.15) is 106 Å². The number of hydrogen-bond donors (Lipinski definition) is 1. The number of aryl methyl sites for hydroxylation is 2. The third-order valence-corrected chi connectivity index (χ3v) is 11.1. The fraction of sp³-hybridized carbons (Fsp3) is 0.250. The first kappa shape index (κ1) is 28.3. The molecule has 0 spiro atoms. The summed E-state index contributed by atoms with van der Waals surface area (Å²) in [7, 11) is 0. The summed E-state index contributed by atoms with van der Waals surface area (Å²) in [5.41, 5.74) is 5.88. The number of para-hydroxylation sites is 1. The first-order chi connectivity index (χ1) is 33.3. The Morgan fingerprint density at radius 1 is 0.550 bits per heavy atom. The maximum absolute atomic E-state index is 12.4. The Bertz CT molecular complexity index is 3300. The van der Waals surface area contributed by atoms with Crippen LogP contribution in [0.25, 0.3) is 72.7 Å². The minimum absolute atomic E-state index is 0.00586. The summed E-state index contributed by atoms with van der Waals surface area (Å²) in [6, 6.07) is 39.7. The van der Waals surface area contributed by atoms with Gasteiger partial charge in [-0.1, -0.05) is 153 Å². The van der Waals surface area contributed by atoms with Crippen molar-refractivity contribution in [1.29, 1.82) is 0 Å². The number of benzene rings is 6. The fourth-order valence-electron chi connectivity index (χ4n) is 7.89. The third kappa shape index (κ3) is 7.79. The van der Waals surface area contributed by atoms with Crippen molar-refractivity contribution in [2.75, 3.05) is 0 Å². The number of rotatable bonds is 6. The molecule has 0 saturated heterocycles. The monoisotopic (exact) mass is 800 g/mol. The molecule has 0 radical (unpaired) electrons. The Hall–Kier alpha value is -6.26. The van der Waals surface area contributed by atoms with Gasteiger partial charge in [-0.25, -0.2) is 4.98 Å². The van der Waals surface area contributed by atoms with E-state index in [-0.39, 0.29) is 16.7 Å². The van der Waals surface area contributed by atoms with Crippen LogP contribution in [-0.4, -0.2) is 19.6 Å². The molecule has 0 fully saturated rings. The highest BCUT2D eigenvalue weighted by atomic mass is 16.3. The van der Waals surface area contributed by atoms with E-state index < -0.39 is 43.8 Å². The molecule has 0 unspecified atom stereocenters. The number of aromatic nitrogens is 3. The molecule has 302 valence electrons. The first-order valence-corrected chi connectivity index (χ1v) is 20.1. The highest BCUT2D eigenvalue weighted by Crippen LogP contribution is 2.45. The molecule has 1 N–H and O–H groups in total. The molecule has 0 amide bonds. The minimum atomic E-state index is -3.50. The van der Waals surface area contributed by atoms with Crippen molar-refractivity contribution in [3.8, 4) is 67.5 Å². The van der Waals surface area contributed by atoms with Gasteiger partial charge in [0.1, 0.15) is 11.6 Å². The normalized spacial score (nSPS) is 16.1. The third-order valence-electron chi connectivity index (χ3n) is 11.1. The maximum atomic E-state index is 12.4. The average molecular weight is 800 g/mol. The van der Waals surface area contributed by atoms with E-state index in [0.717, 1.165) is 38.9 Å². The molecule has 0 aliphatic rings. The summed E-state index contributed by atoms with van der Waals surface area (Å²) in [6.07, 6.45) is 1.73. The van der Waals surface area contributed by atoms with Gasteiger partial charge in [-0.05, 0) is 117 Å². The number of pyridine rings is 1. The molecular formula is C56H57N3O. The SMILES string of the molecule is [2H]C([2H])([2H])c1ccc(-c2ccnc(-c3cc(-c4cccc5c4nc(-c4cc(C)cc(C(C)(C)C)c4O)n5-c4ccc(C(C([2H])([2H])[2H])(C([2H])([2H])[2H])C([2H])([2H])[2H])cc4-c4ccccc4)cc(C(C)(C)C)c3)c2)cc1. The van der Waals surface area contributed by atoms with Crippen LogP contribution in [0.3, 0.4) is 0 Å². The van der Waals surface area contributed by atoms with E-state index >= 15 is 0 Å². The van der Waals surface area contributed by atoms with Gasteiger partial charge >= 0.3 is 0 Å². The number of hydrogen-bond acceptors (Lipinski definition) is 3. The lowest BCUT2D eigenvalue weighted by Gasteiger charge is -2.24. The molecule has 0 bridgehead atoms. The molecule has 0 atom stereocenters. The van der Waals surface area contributed by atoms with Crippen LogP contribution in [0, 0.1) is 13.8 Å². The van der Waals surface area contributed by atoms with Crippen molar-refractivity contribution in [2.24, 2.45) is 0 Å². The van der Waals surface area contributed by atoms with E-state index in [0.29, 0.717) is 50.5 Å². The Balaban J connectivity index is 1.45. The quantitative estimate of drug-likeness (QED) is 0.182. The van der Waals surface area contributed by atoms with Crippen molar-refractivity contribution >= 4 is 11.0 Å². The molecule has 0 aliphatic carbocycles. The largest absolute Gasteiger partial charge is 0.507 e. The van der Waals surface area contributed by atoms with E-state index in [1.807, 2.05) is 74.7 Å². The Kier molecular flexibility index (Phi) is 7.10. The van der Waals surface area contributed by atoms with E-state index in [9.17, 15) is 5.11 Å². The molecule has 8 aromatic rings. The van der Waals surface area contributed by atoms with Gasteiger partial charge in [0.25, 0.3) is 0 Å². The van der Waals surface area contributed by atoms with E-state index in [4.69, 9.17) is 26.4 Å². The number of fused-ring (bicyclic) bond motifs is 1. The second-order valence-corrected chi connectivity index (χ2v) is 17.8. The molecular weight excluding hydrogens is 731 g/mol. The zero-order chi connectivity index (χ0) is 52.7. The van der Waals surface area contributed by atoms with Crippen LogP contribution in [0.4, 0.5) is 0 Å². The second-order valence-electron chi connectivity index (χ2n) is 17.8. The molecule has 8 rings (SSSR count). The molecule has 4 nitrogen and oxygen atoms in total. The predicted octanol–water partition coefficient (Wildman–Crippen LogP) is 15.0. The predicted molar refractivity (Wildman–Crippen MR) is 253 cm³/mol. The summed E-state index contributed by atoms with van der Waals surface area (Å²) in [5, 5.41) is 12.4. The van der Waals surface area contributed by atoms with Crippen molar-refractivity contribution in [2.45, 2.75) is 92.1 Å². The van der Waals surface area contributed by atoms with Crippen molar-refractivity contribution in [3.63, 3.8) is 0 Å². The standard InChI is InChI=1S/C56H57N3O/c1-35-20-22-37(23-21-35)39-26-27-57-48(33-39)41-30-40(31-43(32-41)55(6,7)8)44-18-15-19-50-51(44)58-53(46-28-36(2)29-47(52(46)60)56(9,10)11)59(50)49-25-24-42(54(3,4)5)34-45(49)38-16-13-12-14-17-38/h12-34,60H,1-11H3/i1D3,3D3,4D3,5D3. The lowest BCUT2D eigenvalue weighted by atomic mass is 9.83. The van der Waals surface area contributed by atoms with Crippen molar-refractivity contribution < 1.29 is 21.6 Å². The van der Waals surface area contributed by atoms with Gasteiger partial charge in [-0.15, -0.1) is 0 Å². The van der Waals surface area contributed by atoms with Crippen molar-refractivity contribution in [3.05, 3.63) is 167 Å². The lowest BCUT2D eigenvalue weighted by Crippen LogP contribution is -2.13. The Morgan fingerprint density at radius 3 is 2.00 bits per heavy atom. The number of imidazole rings is 1. The Labute approximate surface area is 373 Å². The highest BCUT2D eigenvalue weighted by Gasteiger charge is 2.28. The number of aromatic hydroxyl groups is 1. The van der Waals surface area contributed by atoms with Crippen LogP contribution in [0.15, 0.2) is 140 Å². The van der Waals surface area contributed by atoms with E-state index in [2.05, 4.69) is 39.0 Å². The topological polar surface area (TPSA) is 50.9 Å². The van der Waals surface area contributed by atoms with Gasteiger partial charge in [0.2, 0.25) is 0 Å². The zero-order valence-corrected chi connectivity index (χ0v) is 35.1. The second kappa shape index (κ2) is 15.1. The fourth-order valence-corrected chi connectivity index (χ4v) is 7.89. The summed E-state index contributed by atoms with van der Waals surface area (Å²) >= 11 is 0. The minimum Gasteiger partial charge on any atom is -0.507 e. The molecule has 0 saturated carbocycles. The van der Waals surface area contributed by atoms with Gasteiger partial charge in [0, 0.05) is 44.9 Å². The van der Waals surface area contributed by atoms with Crippen molar-refractivity contribution in [1.82, 2.24) is 14.5 Å². The van der Waals surface area contributed by atoms with Crippen LogP contribution in [-0.2, 0) is 16.2 Å². The molecule has 4 heteroatoms. The molecule has 60 heavy (non-hydrogen) atoms. The van der Waals surface area contributed by atoms with Crippen LogP contribution in [0.5, 0.6) is 5.75 Å². The van der Waals surface area contributed by atoms with Gasteiger partial charge in [-0.2, -0.15) is 0 Å². The lowest BCUT2D eigenvalue weighted by molar-refractivity contribution is 0.448.